The third-order valence-corrected chi connectivity index (χ3v) is 5.55. The highest BCUT2D eigenvalue weighted by molar-refractivity contribution is 6.32. The Morgan fingerprint density at radius 1 is 1.34 bits per heavy atom. The molecule has 1 amide bonds. The molecule has 1 aliphatic rings. The molecule has 1 aliphatic heterocycles. The number of carbonyl (C=O) groups excluding carboxylic acids is 1. The van der Waals surface area contributed by atoms with Gasteiger partial charge in [0.2, 0.25) is 0 Å². The summed E-state index contributed by atoms with van der Waals surface area (Å²) in [5, 5.41) is 3.91. The molecule has 1 fully saturated rings. The topological polar surface area (TPSA) is 95.7 Å². The van der Waals surface area contributed by atoms with Crippen LogP contribution in [0.25, 0.3) is 11.1 Å². The highest BCUT2D eigenvalue weighted by Crippen LogP contribution is 2.32. The minimum Gasteiger partial charge on any atom is -0.488 e. The van der Waals surface area contributed by atoms with Crippen molar-refractivity contribution in [2.24, 2.45) is 11.7 Å². The van der Waals surface area contributed by atoms with E-state index in [0.29, 0.717) is 29.7 Å². The van der Waals surface area contributed by atoms with Crippen LogP contribution in [-0.2, 0) is 9.47 Å². The number of hydrogen-bond donors (Lipinski definition) is 2. The average molecular weight is 462 g/mol. The van der Waals surface area contributed by atoms with Gasteiger partial charge in [-0.2, -0.15) is 0 Å². The lowest BCUT2D eigenvalue weighted by Gasteiger charge is -2.30. The lowest BCUT2D eigenvalue weighted by Crippen LogP contribution is -2.41. The van der Waals surface area contributed by atoms with Crippen LogP contribution in [0.4, 0.5) is 10.6 Å². The molecule has 0 radical (unpaired) electrons. The van der Waals surface area contributed by atoms with Gasteiger partial charge in [-0.3, -0.25) is 0 Å². The van der Waals surface area contributed by atoms with Crippen molar-refractivity contribution in [3.8, 4) is 16.9 Å². The third-order valence-electron chi connectivity index (χ3n) is 5.26. The van der Waals surface area contributed by atoms with Crippen molar-refractivity contribution in [1.82, 2.24) is 4.98 Å². The van der Waals surface area contributed by atoms with Crippen LogP contribution < -0.4 is 15.8 Å². The van der Waals surface area contributed by atoms with Crippen LogP contribution >= 0.6 is 11.6 Å². The van der Waals surface area contributed by atoms with Gasteiger partial charge in [-0.1, -0.05) is 31.5 Å². The second-order valence-electron chi connectivity index (χ2n) is 8.89. The Morgan fingerprint density at radius 2 is 2.12 bits per heavy atom. The normalized spacial score (nSPS) is 18.1. The molecule has 0 aliphatic carbocycles. The molecular formula is C24H32ClN3O4. The van der Waals surface area contributed by atoms with Crippen LogP contribution in [-0.4, -0.2) is 42.5 Å². The first-order valence-electron chi connectivity index (χ1n) is 11.0. The molecule has 7 nitrogen and oxygen atoms in total. The number of anilines is 1. The summed E-state index contributed by atoms with van der Waals surface area (Å²) in [6.45, 7) is 7.57. The second kappa shape index (κ2) is 10.9. The first kappa shape index (κ1) is 24.1. The number of aromatic nitrogens is 1. The van der Waals surface area contributed by atoms with E-state index in [1.54, 1.807) is 6.20 Å². The molecule has 3 N–H and O–H groups in total. The summed E-state index contributed by atoms with van der Waals surface area (Å²) in [5.74, 6) is 1.63. The summed E-state index contributed by atoms with van der Waals surface area (Å²) in [6.07, 6.45) is 3.69. The number of primary amides is 1. The molecule has 2 aromatic rings. The van der Waals surface area contributed by atoms with E-state index in [9.17, 15) is 4.79 Å². The molecule has 1 aromatic heterocycles. The Hall–Kier alpha value is -2.51. The van der Waals surface area contributed by atoms with Crippen molar-refractivity contribution < 1.29 is 19.0 Å². The number of nitrogens with zero attached hydrogens (tertiary/aromatic N) is 1. The Labute approximate surface area is 194 Å². The standard InChI is InChI=1S/C24H32ClN3O4/c1-16(2)13-24(3,32-23(26)29)15-31-21-7-6-17(11-20(21)25)18-8-9-27-22(12-18)28-19-5-4-10-30-14-19/h6-9,11-12,16,19H,4-5,10,13-15H2,1-3H3,(H2,26,29)(H,27,28). The number of halogens is 1. The summed E-state index contributed by atoms with van der Waals surface area (Å²) in [5.41, 5.74) is 6.36. The molecule has 8 heteroatoms. The predicted molar refractivity (Wildman–Crippen MR) is 126 cm³/mol. The minimum absolute atomic E-state index is 0.153. The Balaban J connectivity index is 1.69. The van der Waals surface area contributed by atoms with Crippen molar-refractivity contribution >= 4 is 23.5 Å². The van der Waals surface area contributed by atoms with Gasteiger partial charge in [0.15, 0.2) is 0 Å². The SMILES string of the molecule is CC(C)CC(C)(COc1ccc(-c2ccnc(NC3CCCOC3)c2)cc1Cl)OC(N)=O. The Bertz CT molecular complexity index is 918. The van der Waals surface area contributed by atoms with Crippen molar-refractivity contribution in [2.45, 2.75) is 51.7 Å². The highest BCUT2D eigenvalue weighted by Gasteiger charge is 2.30. The van der Waals surface area contributed by atoms with Gasteiger partial charge in [-0.05, 0) is 67.5 Å². The number of nitrogens with two attached hydrogens (primary N) is 1. The van der Waals surface area contributed by atoms with E-state index < -0.39 is 11.7 Å². The number of amides is 1. The number of pyridine rings is 1. The van der Waals surface area contributed by atoms with Gasteiger partial charge < -0.3 is 25.3 Å². The van der Waals surface area contributed by atoms with Gasteiger partial charge in [0.1, 0.15) is 23.8 Å². The smallest absolute Gasteiger partial charge is 0.405 e. The number of benzene rings is 1. The van der Waals surface area contributed by atoms with Gasteiger partial charge >= 0.3 is 6.09 Å². The number of hydrogen-bond acceptors (Lipinski definition) is 6. The second-order valence-corrected chi connectivity index (χ2v) is 9.30. The molecule has 1 saturated heterocycles. The number of carbonyl (C=O) groups is 1. The molecule has 2 atom stereocenters. The quantitative estimate of drug-likeness (QED) is 0.528. The Kier molecular flexibility index (Phi) is 8.21. The molecule has 0 spiro atoms. The van der Waals surface area contributed by atoms with E-state index in [2.05, 4.69) is 10.3 Å². The van der Waals surface area contributed by atoms with Crippen LogP contribution in [0.2, 0.25) is 5.02 Å². The molecule has 3 rings (SSSR count). The molecule has 0 bridgehead atoms. The van der Waals surface area contributed by atoms with Gasteiger partial charge in [-0.15, -0.1) is 0 Å². The van der Waals surface area contributed by atoms with Crippen LogP contribution in [0.1, 0.15) is 40.0 Å². The molecule has 32 heavy (non-hydrogen) atoms. The van der Waals surface area contributed by atoms with Crippen LogP contribution in [0.5, 0.6) is 5.75 Å². The monoisotopic (exact) mass is 461 g/mol. The fraction of sp³-hybridized carbons (Fsp3) is 0.500. The zero-order valence-electron chi connectivity index (χ0n) is 18.9. The fourth-order valence-corrected chi connectivity index (χ4v) is 4.25. The number of ether oxygens (including phenoxy) is 3. The van der Waals surface area contributed by atoms with Gasteiger partial charge in [0.25, 0.3) is 0 Å². The van der Waals surface area contributed by atoms with E-state index in [1.165, 1.54) is 0 Å². The zero-order valence-corrected chi connectivity index (χ0v) is 19.7. The fourth-order valence-electron chi connectivity index (χ4n) is 4.02. The van der Waals surface area contributed by atoms with Crippen molar-refractivity contribution in [3.05, 3.63) is 41.6 Å². The van der Waals surface area contributed by atoms with Crippen molar-refractivity contribution in [1.29, 1.82) is 0 Å². The maximum absolute atomic E-state index is 11.3. The zero-order chi connectivity index (χ0) is 23.1. The van der Waals surface area contributed by atoms with Gasteiger partial charge in [-0.25, -0.2) is 9.78 Å². The summed E-state index contributed by atoms with van der Waals surface area (Å²) in [4.78, 5) is 15.8. The number of rotatable bonds is 9. The van der Waals surface area contributed by atoms with E-state index in [-0.39, 0.29) is 12.6 Å². The van der Waals surface area contributed by atoms with E-state index in [1.807, 2.05) is 51.1 Å². The minimum atomic E-state index is -0.837. The average Bonchev–Trinajstić information content (AvgIpc) is 2.72. The molecule has 2 unspecified atom stereocenters. The van der Waals surface area contributed by atoms with Crippen LogP contribution in [0.15, 0.2) is 36.5 Å². The van der Waals surface area contributed by atoms with Crippen molar-refractivity contribution in [3.63, 3.8) is 0 Å². The molecular weight excluding hydrogens is 430 g/mol. The third kappa shape index (κ3) is 7.00. The summed E-state index contributed by atoms with van der Waals surface area (Å²) in [7, 11) is 0. The largest absolute Gasteiger partial charge is 0.488 e. The molecule has 0 saturated carbocycles. The summed E-state index contributed by atoms with van der Waals surface area (Å²) in [6, 6.07) is 9.83. The summed E-state index contributed by atoms with van der Waals surface area (Å²) >= 11 is 6.51. The first-order chi connectivity index (χ1) is 15.2. The van der Waals surface area contributed by atoms with E-state index in [0.717, 1.165) is 36.4 Å². The van der Waals surface area contributed by atoms with E-state index in [4.69, 9.17) is 31.5 Å². The van der Waals surface area contributed by atoms with E-state index >= 15 is 0 Å². The number of nitrogens with one attached hydrogen (secondary N) is 1. The van der Waals surface area contributed by atoms with Gasteiger partial charge in [0.05, 0.1) is 17.7 Å². The highest BCUT2D eigenvalue weighted by atomic mass is 35.5. The maximum atomic E-state index is 11.3. The molecule has 2 heterocycles. The predicted octanol–water partition coefficient (Wildman–Crippen LogP) is 5.27. The summed E-state index contributed by atoms with van der Waals surface area (Å²) < 4.78 is 16.8. The van der Waals surface area contributed by atoms with Crippen LogP contribution in [0, 0.1) is 5.92 Å². The molecule has 174 valence electrons. The lowest BCUT2D eigenvalue weighted by molar-refractivity contribution is -0.0185. The first-order valence-corrected chi connectivity index (χ1v) is 11.3. The maximum Gasteiger partial charge on any atom is 0.405 e. The van der Waals surface area contributed by atoms with Crippen molar-refractivity contribution in [2.75, 3.05) is 25.1 Å². The van der Waals surface area contributed by atoms with Gasteiger partial charge in [0, 0.05) is 12.8 Å². The lowest BCUT2D eigenvalue weighted by atomic mass is 9.95. The van der Waals surface area contributed by atoms with Crippen LogP contribution in [0.3, 0.4) is 0 Å². The molecule has 1 aromatic carbocycles. The Morgan fingerprint density at radius 3 is 2.78 bits per heavy atom.